The summed E-state index contributed by atoms with van der Waals surface area (Å²) in [6, 6.07) is 5.51. The predicted molar refractivity (Wildman–Crippen MR) is 73.8 cm³/mol. The predicted octanol–water partition coefficient (Wildman–Crippen LogP) is 2.76. The molecule has 0 amide bonds. The van der Waals surface area contributed by atoms with Crippen LogP contribution in [0, 0.1) is 13.8 Å². The Morgan fingerprint density at radius 3 is 2.63 bits per heavy atom. The zero-order valence-corrected chi connectivity index (χ0v) is 11.7. The summed E-state index contributed by atoms with van der Waals surface area (Å²) in [6.07, 6.45) is 1.81. The third-order valence-corrected chi connectivity index (χ3v) is 3.37. The maximum atomic E-state index is 11.5. The van der Waals surface area contributed by atoms with Crippen molar-refractivity contribution < 1.29 is 9.53 Å². The average molecular weight is 258 g/mol. The normalized spacial score (nSPS) is 10.5. The van der Waals surface area contributed by atoms with Crippen molar-refractivity contribution in [3.63, 3.8) is 0 Å². The fourth-order valence-corrected chi connectivity index (χ4v) is 2.01. The standard InChI is InChI=1S/C15H18N2O2/c1-10-11(2)17(9-16-10)8-14-7-13(12(3)18)5-6-15(14)19-4/h5-7,9H,8H2,1-4H3. The van der Waals surface area contributed by atoms with Crippen LogP contribution in [-0.4, -0.2) is 22.4 Å². The molecular weight excluding hydrogens is 240 g/mol. The number of carbonyl (C=O) groups excluding carboxylic acids is 1. The summed E-state index contributed by atoms with van der Waals surface area (Å²) >= 11 is 0. The van der Waals surface area contributed by atoms with Crippen LogP contribution < -0.4 is 4.74 Å². The van der Waals surface area contributed by atoms with Crippen molar-refractivity contribution in [2.75, 3.05) is 7.11 Å². The highest BCUT2D eigenvalue weighted by Gasteiger charge is 2.10. The van der Waals surface area contributed by atoms with Gasteiger partial charge in [0, 0.05) is 16.8 Å². The highest BCUT2D eigenvalue weighted by molar-refractivity contribution is 5.94. The Bertz CT molecular complexity index is 615. The van der Waals surface area contributed by atoms with Gasteiger partial charge in [0.25, 0.3) is 0 Å². The number of benzene rings is 1. The van der Waals surface area contributed by atoms with Crippen LogP contribution in [0.15, 0.2) is 24.5 Å². The summed E-state index contributed by atoms with van der Waals surface area (Å²) in [5.41, 5.74) is 3.82. The molecule has 4 heteroatoms. The van der Waals surface area contributed by atoms with Crippen molar-refractivity contribution in [1.29, 1.82) is 0 Å². The van der Waals surface area contributed by atoms with Crippen molar-refractivity contribution in [3.05, 3.63) is 47.0 Å². The van der Waals surface area contributed by atoms with Crippen LogP contribution in [0.2, 0.25) is 0 Å². The molecule has 0 saturated carbocycles. The van der Waals surface area contributed by atoms with Gasteiger partial charge in [-0.2, -0.15) is 0 Å². The second-order valence-corrected chi connectivity index (χ2v) is 4.63. The highest BCUT2D eigenvalue weighted by atomic mass is 16.5. The van der Waals surface area contributed by atoms with Gasteiger partial charge in [0.1, 0.15) is 5.75 Å². The highest BCUT2D eigenvalue weighted by Crippen LogP contribution is 2.22. The molecule has 0 aliphatic heterocycles. The van der Waals surface area contributed by atoms with Crippen molar-refractivity contribution in [2.45, 2.75) is 27.3 Å². The second-order valence-electron chi connectivity index (χ2n) is 4.63. The number of rotatable bonds is 4. The number of nitrogens with zero attached hydrogens (tertiary/aromatic N) is 2. The molecule has 0 unspecified atom stereocenters. The molecule has 2 rings (SSSR count). The van der Waals surface area contributed by atoms with Crippen LogP contribution in [0.3, 0.4) is 0 Å². The van der Waals surface area contributed by atoms with E-state index in [2.05, 4.69) is 9.55 Å². The fourth-order valence-electron chi connectivity index (χ4n) is 2.01. The molecule has 0 fully saturated rings. The fraction of sp³-hybridized carbons (Fsp3) is 0.333. The number of carbonyl (C=O) groups is 1. The third kappa shape index (κ3) is 2.67. The molecule has 19 heavy (non-hydrogen) atoms. The van der Waals surface area contributed by atoms with Crippen LogP contribution in [0.25, 0.3) is 0 Å². The maximum absolute atomic E-state index is 11.5. The van der Waals surface area contributed by atoms with Crippen molar-refractivity contribution in [3.8, 4) is 5.75 Å². The maximum Gasteiger partial charge on any atom is 0.159 e. The SMILES string of the molecule is COc1ccc(C(C)=O)cc1Cn1cnc(C)c1C. The molecule has 0 atom stereocenters. The molecule has 0 saturated heterocycles. The van der Waals surface area contributed by atoms with Gasteiger partial charge in [0.05, 0.1) is 25.7 Å². The van der Waals surface area contributed by atoms with Crippen LogP contribution in [0.4, 0.5) is 0 Å². The zero-order chi connectivity index (χ0) is 14.0. The van der Waals surface area contributed by atoms with Crippen LogP contribution >= 0.6 is 0 Å². The first-order valence-corrected chi connectivity index (χ1v) is 6.19. The molecule has 0 N–H and O–H groups in total. The molecular formula is C15H18N2O2. The Morgan fingerprint density at radius 1 is 1.37 bits per heavy atom. The monoisotopic (exact) mass is 258 g/mol. The molecule has 2 aromatic rings. The summed E-state index contributed by atoms with van der Waals surface area (Å²) in [5.74, 6) is 0.846. The van der Waals surface area contributed by atoms with E-state index in [0.717, 1.165) is 22.7 Å². The number of ketones is 1. The Morgan fingerprint density at radius 2 is 2.11 bits per heavy atom. The number of aryl methyl sites for hydroxylation is 1. The first-order valence-electron chi connectivity index (χ1n) is 6.19. The van der Waals surface area contributed by atoms with E-state index in [4.69, 9.17) is 4.74 Å². The molecule has 0 aliphatic rings. The zero-order valence-electron chi connectivity index (χ0n) is 11.7. The minimum Gasteiger partial charge on any atom is -0.496 e. The molecule has 100 valence electrons. The molecule has 0 radical (unpaired) electrons. The van der Waals surface area contributed by atoms with Crippen LogP contribution in [0.1, 0.15) is 34.2 Å². The van der Waals surface area contributed by atoms with E-state index < -0.39 is 0 Å². The Hall–Kier alpha value is -2.10. The molecule has 0 bridgehead atoms. The lowest BCUT2D eigenvalue weighted by molar-refractivity contribution is 0.101. The number of methoxy groups -OCH3 is 1. The van der Waals surface area contributed by atoms with E-state index in [0.29, 0.717) is 12.1 Å². The minimum absolute atomic E-state index is 0.0578. The van der Waals surface area contributed by atoms with Gasteiger partial charge in [0.2, 0.25) is 0 Å². The first kappa shape index (κ1) is 13.3. The van der Waals surface area contributed by atoms with E-state index in [9.17, 15) is 4.79 Å². The molecule has 1 aromatic heterocycles. The van der Waals surface area contributed by atoms with Gasteiger partial charge in [-0.1, -0.05) is 0 Å². The number of hydrogen-bond acceptors (Lipinski definition) is 3. The molecule has 1 heterocycles. The molecule has 0 spiro atoms. The minimum atomic E-state index is 0.0578. The van der Waals surface area contributed by atoms with Crippen molar-refractivity contribution in [2.24, 2.45) is 0 Å². The van der Waals surface area contributed by atoms with Gasteiger partial charge in [-0.3, -0.25) is 4.79 Å². The van der Waals surface area contributed by atoms with Crippen LogP contribution in [0.5, 0.6) is 5.75 Å². The smallest absolute Gasteiger partial charge is 0.159 e. The summed E-state index contributed by atoms with van der Waals surface area (Å²) in [4.78, 5) is 15.7. The number of ether oxygens (including phenoxy) is 1. The van der Waals surface area contributed by atoms with Crippen LogP contribution in [-0.2, 0) is 6.54 Å². The quantitative estimate of drug-likeness (QED) is 0.792. The van der Waals surface area contributed by atoms with Gasteiger partial charge in [-0.15, -0.1) is 0 Å². The number of aromatic nitrogens is 2. The largest absolute Gasteiger partial charge is 0.496 e. The molecule has 1 aromatic carbocycles. The van der Waals surface area contributed by atoms with E-state index >= 15 is 0 Å². The van der Waals surface area contributed by atoms with Gasteiger partial charge in [0.15, 0.2) is 5.78 Å². The van der Waals surface area contributed by atoms with E-state index in [1.165, 1.54) is 0 Å². The molecule has 4 nitrogen and oxygen atoms in total. The molecule has 0 aliphatic carbocycles. The number of Topliss-reactive ketones (excluding diaryl/α,β-unsaturated/α-hetero) is 1. The first-order chi connectivity index (χ1) is 9.02. The van der Waals surface area contributed by atoms with Crippen molar-refractivity contribution in [1.82, 2.24) is 9.55 Å². The van der Waals surface area contributed by atoms with Gasteiger partial charge < -0.3 is 9.30 Å². The number of imidazole rings is 1. The average Bonchev–Trinajstić information content (AvgIpc) is 2.70. The number of hydrogen-bond donors (Lipinski definition) is 0. The lowest BCUT2D eigenvalue weighted by Gasteiger charge is -2.11. The Kier molecular flexibility index (Phi) is 3.69. The lowest BCUT2D eigenvalue weighted by atomic mass is 10.1. The summed E-state index contributed by atoms with van der Waals surface area (Å²) < 4.78 is 7.41. The second kappa shape index (κ2) is 5.26. The Balaban J connectivity index is 2.40. The topological polar surface area (TPSA) is 44.1 Å². The van der Waals surface area contributed by atoms with E-state index in [-0.39, 0.29) is 5.78 Å². The van der Waals surface area contributed by atoms with Gasteiger partial charge >= 0.3 is 0 Å². The summed E-state index contributed by atoms with van der Waals surface area (Å²) in [7, 11) is 1.64. The van der Waals surface area contributed by atoms with Gasteiger partial charge in [-0.25, -0.2) is 4.98 Å². The van der Waals surface area contributed by atoms with Crippen molar-refractivity contribution >= 4 is 5.78 Å². The third-order valence-electron chi connectivity index (χ3n) is 3.37. The van der Waals surface area contributed by atoms with E-state index in [1.54, 1.807) is 20.1 Å². The summed E-state index contributed by atoms with van der Waals surface area (Å²) in [6.45, 7) is 6.23. The van der Waals surface area contributed by atoms with E-state index in [1.807, 2.05) is 32.3 Å². The van der Waals surface area contributed by atoms with Gasteiger partial charge in [-0.05, 0) is 39.0 Å². The lowest BCUT2D eigenvalue weighted by Crippen LogP contribution is -2.04. The Labute approximate surface area is 113 Å². The summed E-state index contributed by atoms with van der Waals surface area (Å²) in [5, 5.41) is 0.